The molecule has 0 N–H and O–H groups in total. The third-order valence-electron chi connectivity index (χ3n) is 7.88. The Morgan fingerprint density at radius 3 is 2.31 bits per heavy atom. The van der Waals surface area contributed by atoms with Crippen LogP contribution in [0.1, 0.15) is 41.6 Å². The van der Waals surface area contributed by atoms with Crippen molar-refractivity contribution in [3.63, 3.8) is 0 Å². The molecule has 0 amide bonds. The maximum absolute atomic E-state index is 13.9. The zero-order valence-corrected chi connectivity index (χ0v) is 24.1. The van der Waals surface area contributed by atoms with Crippen LogP contribution in [0, 0.1) is 0 Å². The lowest BCUT2D eigenvalue weighted by Crippen LogP contribution is -2.25. The molecule has 6 heteroatoms. The Morgan fingerprint density at radius 1 is 0.821 bits per heavy atom. The van der Waals surface area contributed by atoms with Crippen LogP contribution in [-0.2, 0) is 0 Å². The van der Waals surface area contributed by atoms with Crippen LogP contribution in [0.3, 0.4) is 0 Å². The van der Waals surface area contributed by atoms with Gasteiger partial charge in [-0.15, -0.1) is 23.1 Å². The van der Waals surface area contributed by atoms with Gasteiger partial charge in [-0.05, 0) is 99.4 Å². The molecule has 0 saturated carbocycles. The van der Waals surface area contributed by atoms with E-state index in [0.29, 0.717) is 6.61 Å². The number of benzene rings is 3. The lowest BCUT2D eigenvalue weighted by atomic mass is 9.93. The molecule has 2 fully saturated rings. The fraction of sp³-hybridized carbons (Fsp3) is 0.364. The molecule has 2 aliphatic heterocycles. The molecule has 39 heavy (non-hydrogen) atoms. The Bertz CT molecular complexity index is 1400. The van der Waals surface area contributed by atoms with Gasteiger partial charge in [-0.3, -0.25) is 9.69 Å². The molecule has 3 aromatic carbocycles. The number of fused-ring (bicyclic) bond motifs is 1. The van der Waals surface area contributed by atoms with Gasteiger partial charge in [0.15, 0.2) is 5.78 Å². The predicted octanol–water partition coefficient (Wildman–Crippen LogP) is 7.46. The van der Waals surface area contributed by atoms with Crippen molar-refractivity contribution >= 4 is 39.0 Å². The van der Waals surface area contributed by atoms with E-state index in [0.717, 1.165) is 56.9 Å². The molecule has 0 spiro atoms. The summed E-state index contributed by atoms with van der Waals surface area (Å²) >= 11 is 3.52. The number of thioether (sulfide) groups is 1. The van der Waals surface area contributed by atoms with E-state index in [9.17, 15) is 4.79 Å². The summed E-state index contributed by atoms with van der Waals surface area (Å²) in [5.74, 6) is 2.03. The summed E-state index contributed by atoms with van der Waals surface area (Å²) in [4.78, 5) is 20.1. The molecule has 3 heterocycles. The minimum absolute atomic E-state index is 0.0852. The summed E-state index contributed by atoms with van der Waals surface area (Å²) in [5, 5.41) is 3.04. The zero-order valence-electron chi connectivity index (χ0n) is 22.4. The first-order chi connectivity index (χ1) is 19.2. The number of carbonyl (C=O) groups excluding carboxylic acids is 1. The Balaban J connectivity index is 1.23. The topological polar surface area (TPSA) is 32.8 Å². The first-order valence-electron chi connectivity index (χ1n) is 14.2. The zero-order chi connectivity index (χ0) is 26.4. The largest absolute Gasteiger partial charge is 0.492 e. The van der Waals surface area contributed by atoms with Gasteiger partial charge < -0.3 is 9.64 Å². The molecular formula is C33H36N2O2S2. The van der Waals surface area contributed by atoms with Gasteiger partial charge in [0.05, 0.1) is 0 Å². The molecule has 0 radical (unpaired) electrons. The normalized spacial score (nSPS) is 16.3. The molecule has 0 unspecified atom stereocenters. The van der Waals surface area contributed by atoms with Crippen molar-refractivity contribution in [1.29, 1.82) is 0 Å². The van der Waals surface area contributed by atoms with E-state index in [-0.39, 0.29) is 5.78 Å². The number of thiophene rings is 1. The van der Waals surface area contributed by atoms with Crippen molar-refractivity contribution < 1.29 is 9.53 Å². The molecule has 202 valence electrons. The standard InChI is InChI=1S/C33H36N2O2S2/c36-33(31-24-39-32-8-2-1-7-28(31)32)29-14-13-27(38-22-20-35-17-5-6-18-35)23-30(29)25-9-11-26(12-10-25)37-21-19-34-15-3-4-16-34/h1-2,7-14,23-24H,3-6,15-22H2. The molecule has 0 bridgehead atoms. The third kappa shape index (κ3) is 6.41. The van der Waals surface area contributed by atoms with Gasteiger partial charge in [-0.1, -0.05) is 30.3 Å². The molecule has 4 nitrogen and oxygen atoms in total. The first-order valence-corrected chi connectivity index (χ1v) is 16.1. The van der Waals surface area contributed by atoms with Gasteiger partial charge >= 0.3 is 0 Å². The lowest BCUT2D eigenvalue weighted by molar-refractivity contribution is 0.104. The second-order valence-electron chi connectivity index (χ2n) is 10.5. The van der Waals surface area contributed by atoms with Crippen LogP contribution in [0.15, 0.2) is 77.0 Å². The summed E-state index contributed by atoms with van der Waals surface area (Å²) in [6.45, 7) is 7.62. The van der Waals surface area contributed by atoms with Gasteiger partial charge in [-0.25, -0.2) is 0 Å². The number of ketones is 1. The van der Waals surface area contributed by atoms with E-state index in [1.807, 2.05) is 47.5 Å². The van der Waals surface area contributed by atoms with Crippen molar-refractivity contribution in [3.05, 3.63) is 83.2 Å². The van der Waals surface area contributed by atoms with Crippen molar-refractivity contribution in [1.82, 2.24) is 9.80 Å². The van der Waals surface area contributed by atoms with Crippen LogP contribution in [-0.4, -0.2) is 67.2 Å². The summed E-state index contributed by atoms with van der Waals surface area (Å²) in [5.41, 5.74) is 3.58. The van der Waals surface area contributed by atoms with Gasteiger partial charge in [0.1, 0.15) is 12.4 Å². The average molecular weight is 557 g/mol. The third-order valence-corrected chi connectivity index (χ3v) is 9.81. The quantitative estimate of drug-likeness (QED) is 0.141. The number of hydrogen-bond acceptors (Lipinski definition) is 6. The minimum atomic E-state index is 0.0852. The number of hydrogen-bond donors (Lipinski definition) is 0. The van der Waals surface area contributed by atoms with Crippen molar-refractivity contribution in [2.24, 2.45) is 0 Å². The molecule has 2 saturated heterocycles. The van der Waals surface area contributed by atoms with Crippen LogP contribution < -0.4 is 4.74 Å². The maximum atomic E-state index is 13.9. The predicted molar refractivity (Wildman–Crippen MR) is 165 cm³/mol. The minimum Gasteiger partial charge on any atom is -0.492 e. The molecule has 1 aromatic heterocycles. The SMILES string of the molecule is O=C(c1ccc(SCCN2CCCC2)cc1-c1ccc(OCCN2CCCC2)cc1)c1csc2ccccc12. The summed E-state index contributed by atoms with van der Waals surface area (Å²) in [7, 11) is 0. The van der Waals surface area contributed by atoms with E-state index in [1.165, 1.54) is 56.8 Å². The maximum Gasteiger partial charge on any atom is 0.195 e. The Kier molecular flexibility index (Phi) is 8.65. The van der Waals surface area contributed by atoms with Crippen molar-refractivity contribution in [3.8, 4) is 16.9 Å². The summed E-state index contributed by atoms with van der Waals surface area (Å²) in [6.07, 6.45) is 5.24. The highest BCUT2D eigenvalue weighted by Gasteiger charge is 2.20. The highest BCUT2D eigenvalue weighted by atomic mass is 32.2. The van der Waals surface area contributed by atoms with Crippen LogP contribution in [0.25, 0.3) is 21.2 Å². The molecule has 0 aliphatic carbocycles. The van der Waals surface area contributed by atoms with E-state index in [2.05, 4.69) is 46.2 Å². The highest BCUT2D eigenvalue weighted by molar-refractivity contribution is 7.99. The fourth-order valence-electron chi connectivity index (χ4n) is 5.68. The Hall–Kier alpha value is -2.64. The van der Waals surface area contributed by atoms with Gasteiger partial charge in [0, 0.05) is 50.3 Å². The van der Waals surface area contributed by atoms with Crippen LogP contribution in [0.4, 0.5) is 0 Å². The fourth-order valence-corrected chi connectivity index (χ4v) is 7.57. The van der Waals surface area contributed by atoms with E-state index in [1.54, 1.807) is 11.3 Å². The number of ether oxygens (including phenoxy) is 1. The molecule has 0 atom stereocenters. The van der Waals surface area contributed by atoms with Gasteiger partial charge in [0.25, 0.3) is 0 Å². The lowest BCUT2D eigenvalue weighted by Gasteiger charge is -2.16. The number of carbonyl (C=O) groups is 1. The summed E-state index contributed by atoms with van der Waals surface area (Å²) < 4.78 is 7.20. The molecule has 2 aliphatic rings. The van der Waals surface area contributed by atoms with Crippen LogP contribution in [0.5, 0.6) is 5.75 Å². The van der Waals surface area contributed by atoms with Gasteiger partial charge in [0.2, 0.25) is 0 Å². The smallest absolute Gasteiger partial charge is 0.195 e. The Morgan fingerprint density at radius 2 is 1.54 bits per heavy atom. The van der Waals surface area contributed by atoms with Crippen LogP contribution in [0.2, 0.25) is 0 Å². The number of rotatable bonds is 11. The average Bonchev–Trinajstić information content (AvgIpc) is 3.76. The van der Waals surface area contributed by atoms with Crippen molar-refractivity contribution in [2.45, 2.75) is 30.6 Å². The molecule has 6 rings (SSSR count). The Labute approximate surface area is 240 Å². The summed E-state index contributed by atoms with van der Waals surface area (Å²) in [6, 6.07) is 22.8. The highest BCUT2D eigenvalue weighted by Crippen LogP contribution is 2.34. The number of nitrogens with zero attached hydrogens (tertiary/aromatic N) is 2. The van der Waals surface area contributed by atoms with Crippen LogP contribution >= 0.6 is 23.1 Å². The van der Waals surface area contributed by atoms with E-state index < -0.39 is 0 Å². The van der Waals surface area contributed by atoms with E-state index >= 15 is 0 Å². The molecular weight excluding hydrogens is 521 g/mol. The van der Waals surface area contributed by atoms with E-state index in [4.69, 9.17) is 4.74 Å². The molecule has 4 aromatic rings. The van der Waals surface area contributed by atoms with Gasteiger partial charge in [-0.2, -0.15) is 0 Å². The second kappa shape index (κ2) is 12.7. The first kappa shape index (κ1) is 26.6. The second-order valence-corrected chi connectivity index (χ2v) is 12.6. The monoisotopic (exact) mass is 556 g/mol. The van der Waals surface area contributed by atoms with Crippen molar-refractivity contribution in [2.75, 3.05) is 51.6 Å². The number of likely N-dealkylation sites (tertiary alicyclic amines) is 2.